The second-order valence-corrected chi connectivity index (χ2v) is 4.83. The molecule has 0 spiro atoms. The Labute approximate surface area is 126 Å². The maximum Gasteiger partial charge on any atom is 0.338 e. The summed E-state index contributed by atoms with van der Waals surface area (Å²) in [5, 5.41) is 12.3. The molecule has 1 atom stereocenters. The topological polar surface area (TPSA) is 79.3 Å². The van der Waals surface area contributed by atoms with Crippen LogP contribution in [0.25, 0.3) is 0 Å². The average molecular weight is 305 g/mol. The average Bonchev–Trinajstić information content (AvgIpc) is 2.47. The minimum atomic E-state index is -1.20. The minimum Gasteiger partial charge on any atom is -0.478 e. The van der Waals surface area contributed by atoms with Gasteiger partial charge in [0.25, 0.3) is 5.91 Å². The number of aromatic nitrogens is 1. The Morgan fingerprint density at radius 3 is 2.62 bits per heavy atom. The van der Waals surface area contributed by atoms with E-state index in [0.29, 0.717) is 5.02 Å². The smallest absolute Gasteiger partial charge is 0.338 e. The number of carbonyl (C=O) groups excluding carboxylic acids is 1. The van der Waals surface area contributed by atoms with E-state index in [-0.39, 0.29) is 17.3 Å². The Bertz CT molecular complexity index is 688. The summed E-state index contributed by atoms with van der Waals surface area (Å²) in [6.45, 7) is 1.77. The molecule has 1 heterocycles. The van der Waals surface area contributed by atoms with Crippen molar-refractivity contribution >= 4 is 23.5 Å². The first kappa shape index (κ1) is 15.0. The van der Waals surface area contributed by atoms with E-state index in [1.165, 1.54) is 18.3 Å². The van der Waals surface area contributed by atoms with Gasteiger partial charge in [0.1, 0.15) is 5.69 Å². The van der Waals surface area contributed by atoms with Crippen molar-refractivity contribution in [2.45, 2.75) is 13.0 Å². The molecule has 21 heavy (non-hydrogen) atoms. The van der Waals surface area contributed by atoms with E-state index in [4.69, 9.17) is 16.7 Å². The molecule has 2 aromatic rings. The number of carboxylic acid groups (broad SMARTS) is 1. The Kier molecular flexibility index (Phi) is 4.55. The van der Waals surface area contributed by atoms with Gasteiger partial charge in [0.05, 0.1) is 11.6 Å². The Hall–Kier alpha value is -2.40. The second-order valence-electron chi connectivity index (χ2n) is 4.42. The summed E-state index contributed by atoms with van der Waals surface area (Å²) in [6.07, 6.45) is 1.38. The number of rotatable bonds is 4. The van der Waals surface area contributed by atoms with Gasteiger partial charge in [-0.25, -0.2) is 4.79 Å². The van der Waals surface area contributed by atoms with Crippen molar-refractivity contribution in [3.05, 3.63) is 64.4 Å². The van der Waals surface area contributed by atoms with Gasteiger partial charge in [-0.05, 0) is 30.7 Å². The van der Waals surface area contributed by atoms with Gasteiger partial charge in [0, 0.05) is 11.2 Å². The molecular weight excluding hydrogens is 292 g/mol. The number of nitrogens with zero attached hydrogens (tertiary/aromatic N) is 1. The van der Waals surface area contributed by atoms with Crippen LogP contribution in [0.15, 0.2) is 42.6 Å². The Balaban J connectivity index is 2.23. The van der Waals surface area contributed by atoms with Crippen LogP contribution in [0.2, 0.25) is 5.02 Å². The standard InChI is InChI=1S/C15H13ClN2O3/c1-9(10-5-2-3-7-12(10)16)18-14(19)13-11(15(20)21)6-4-8-17-13/h2-9H,1H3,(H,18,19)(H,20,21)/t9-/m1/s1. The van der Waals surface area contributed by atoms with Crippen molar-refractivity contribution in [1.29, 1.82) is 0 Å². The zero-order valence-corrected chi connectivity index (χ0v) is 12.0. The fourth-order valence-corrected chi connectivity index (χ4v) is 2.23. The molecule has 0 fully saturated rings. The largest absolute Gasteiger partial charge is 0.478 e. The quantitative estimate of drug-likeness (QED) is 0.910. The number of hydrogen-bond donors (Lipinski definition) is 2. The van der Waals surface area contributed by atoms with Gasteiger partial charge < -0.3 is 10.4 Å². The number of pyridine rings is 1. The first-order valence-electron chi connectivity index (χ1n) is 6.24. The van der Waals surface area contributed by atoms with Gasteiger partial charge in [-0.2, -0.15) is 0 Å². The molecule has 1 aromatic carbocycles. The highest BCUT2D eigenvalue weighted by atomic mass is 35.5. The van der Waals surface area contributed by atoms with E-state index in [1.807, 2.05) is 6.07 Å². The summed E-state index contributed by atoms with van der Waals surface area (Å²) in [5.74, 6) is -1.75. The van der Waals surface area contributed by atoms with Crippen LogP contribution in [0.5, 0.6) is 0 Å². The van der Waals surface area contributed by atoms with Crippen molar-refractivity contribution in [2.75, 3.05) is 0 Å². The first-order chi connectivity index (χ1) is 10.0. The SMILES string of the molecule is C[C@@H](NC(=O)c1ncccc1C(=O)O)c1ccccc1Cl. The van der Waals surface area contributed by atoms with E-state index in [9.17, 15) is 9.59 Å². The lowest BCUT2D eigenvalue weighted by atomic mass is 10.1. The van der Waals surface area contributed by atoms with Crippen LogP contribution in [0.3, 0.4) is 0 Å². The molecule has 0 saturated carbocycles. The third kappa shape index (κ3) is 3.38. The molecule has 5 nitrogen and oxygen atoms in total. The molecule has 0 radical (unpaired) electrons. The molecule has 0 bridgehead atoms. The van der Waals surface area contributed by atoms with E-state index in [1.54, 1.807) is 25.1 Å². The van der Waals surface area contributed by atoms with Crippen LogP contribution in [0, 0.1) is 0 Å². The number of carbonyl (C=O) groups is 2. The van der Waals surface area contributed by atoms with Gasteiger partial charge in [-0.3, -0.25) is 9.78 Å². The normalized spacial score (nSPS) is 11.7. The Morgan fingerprint density at radius 1 is 1.24 bits per heavy atom. The number of hydrogen-bond acceptors (Lipinski definition) is 3. The van der Waals surface area contributed by atoms with Gasteiger partial charge in [-0.1, -0.05) is 29.8 Å². The fraction of sp³-hybridized carbons (Fsp3) is 0.133. The van der Waals surface area contributed by atoms with Gasteiger partial charge in [-0.15, -0.1) is 0 Å². The van der Waals surface area contributed by atoms with Crippen LogP contribution in [-0.4, -0.2) is 22.0 Å². The van der Waals surface area contributed by atoms with E-state index in [0.717, 1.165) is 5.56 Å². The fourth-order valence-electron chi connectivity index (χ4n) is 1.93. The Morgan fingerprint density at radius 2 is 1.95 bits per heavy atom. The summed E-state index contributed by atoms with van der Waals surface area (Å²) >= 11 is 6.07. The lowest BCUT2D eigenvalue weighted by molar-refractivity contribution is 0.0689. The van der Waals surface area contributed by atoms with Gasteiger partial charge in [0.15, 0.2) is 0 Å². The zero-order chi connectivity index (χ0) is 15.4. The number of nitrogens with one attached hydrogen (secondary N) is 1. The summed E-state index contributed by atoms with van der Waals surface area (Å²) in [6, 6.07) is 9.57. The third-order valence-electron chi connectivity index (χ3n) is 2.97. The van der Waals surface area contributed by atoms with Crippen molar-refractivity contribution in [3.8, 4) is 0 Å². The lowest BCUT2D eigenvalue weighted by Gasteiger charge is -2.16. The lowest BCUT2D eigenvalue weighted by Crippen LogP contribution is -2.29. The highest BCUT2D eigenvalue weighted by molar-refractivity contribution is 6.31. The maximum atomic E-state index is 12.2. The second kappa shape index (κ2) is 6.37. The monoisotopic (exact) mass is 304 g/mol. The molecule has 1 amide bonds. The van der Waals surface area contributed by atoms with E-state index >= 15 is 0 Å². The number of carboxylic acids is 1. The summed E-state index contributed by atoms with van der Waals surface area (Å²) in [4.78, 5) is 27.1. The molecule has 1 aromatic heterocycles. The van der Waals surface area contributed by atoms with Crippen molar-refractivity contribution in [2.24, 2.45) is 0 Å². The van der Waals surface area contributed by atoms with Crippen LogP contribution in [-0.2, 0) is 0 Å². The predicted molar refractivity (Wildman–Crippen MR) is 78.5 cm³/mol. The van der Waals surface area contributed by atoms with Gasteiger partial charge >= 0.3 is 5.97 Å². The van der Waals surface area contributed by atoms with Crippen LogP contribution >= 0.6 is 11.6 Å². The molecule has 0 saturated heterocycles. The maximum absolute atomic E-state index is 12.2. The van der Waals surface area contributed by atoms with Crippen molar-refractivity contribution < 1.29 is 14.7 Å². The van der Waals surface area contributed by atoms with Crippen LogP contribution < -0.4 is 5.32 Å². The first-order valence-corrected chi connectivity index (χ1v) is 6.62. The molecule has 0 aliphatic carbocycles. The van der Waals surface area contributed by atoms with E-state index < -0.39 is 11.9 Å². The summed E-state index contributed by atoms with van der Waals surface area (Å²) < 4.78 is 0. The van der Waals surface area contributed by atoms with Crippen LogP contribution in [0.1, 0.15) is 39.4 Å². The number of aromatic carboxylic acids is 1. The molecule has 0 aliphatic rings. The zero-order valence-electron chi connectivity index (χ0n) is 11.2. The molecule has 0 unspecified atom stereocenters. The van der Waals surface area contributed by atoms with E-state index in [2.05, 4.69) is 10.3 Å². The summed E-state index contributed by atoms with van der Waals surface area (Å²) in [7, 11) is 0. The molecule has 108 valence electrons. The number of halogens is 1. The predicted octanol–water partition coefficient (Wildman–Crippen LogP) is 2.92. The molecule has 2 rings (SSSR count). The van der Waals surface area contributed by atoms with Crippen molar-refractivity contribution in [1.82, 2.24) is 10.3 Å². The highest BCUT2D eigenvalue weighted by Gasteiger charge is 2.20. The summed E-state index contributed by atoms with van der Waals surface area (Å²) in [5.41, 5.74) is 0.491. The van der Waals surface area contributed by atoms with Crippen LogP contribution in [0.4, 0.5) is 0 Å². The molecule has 6 heteroatoms. The minimum absolute atomic E-state index is 0.121. The van der Waals surface area contributed by atoms with Crippen molar-refractivity contribution in [3.63, 3.8) is 0 Å². The molecular formula is C15H13ClN2O3. The highest BCUT2D eigenvalue weighted by Crippen LogP contribution is 2.22. The number of amides is 1. The molecule has 0 aliphatic heterocycles. The third-order valence-corrected chi connectivity index (χ3v) is 3.32. The van der Waals surface area contributed by atoms with Gasteiger partial charge in [0.2, 0.25) is 0 Å². The molecule has 2 N–H and O–H groups in total. The number of benzene rings is 1.